The number of benzene rings is 2. The van der Waals surface area contributed by atoms with E-state index < -0.39 is 0 Å². The minimum atomic E-state index is -0.141. The predicted octanol–water partition coefficient (Wildman–Crippen LogP) is 6.11. The van der Waals surface area contributed by atoms with E-state index in [9.17, 15) is 4.79 Å². The van der Waals surface area contributed by atoms with Crippen molar-refractivity contribution in [2.75, 3.05) is 13.7 Å². The number of halogens is 1. The molecule has 1 saturated heterocycles. The standard InChI is InChI=1S/C26H22ClN3O3S/c1-3-14-30-25(31)23(34-26(30)29-24-10-6-7-13-28-24)16-18-11-12-21(22(15-18)32-2)33-17-19-8-4-5-9-20(19)27/h3-13,15-16H,1,14,17H2,2H3/b23-16-,29-26+. The average molecular weight is 492 g/mol. The second-order valence-corrected chi connectivity index (χ2v) is 8.60. The van der Waals surface area contributed by atoms with Gasteiger partial charge in [0.25, 0.3) is 5.91 Å². The first-order valence-electron chi connectivity index (χ1n) is 10.5. The van der Waals surface area contributed by atoms with Gasteiger partial charge >= 0.3 is 0 Å². The largest absolute Gasteiger partial charge is 0.493 e. The maximum Gasteiger partial charge on any atom is 0.267 e. The molecule has 0 unspecified atom stereocenters. The summed E-state index contributed by atoms with van der Waals surface area (Å²) in [4.78, 5) is 23.9. The monoisotopic (exact) mass is 491 g/mol. The number of amidine groups is 1. The quantitative estimate of drug-likeness (QED) is 0.281. The van der Waals surface area contributed by atoms with Crippen LogP contribution in [-0.2, 0) is 11.4 Å². The van der Waals surface area contributed by atoms with E-state index in [0.717, 1.165) is 11.1 Å². The van der Waals surface area contributed by atoms with Crippen molar-refractivity contribution < 1.29 is 14.3 Å². The molecular formula is C26H22ClN3O3S. The van der Waals surface area contributed by atoms with E-state index in [0.29, 0.717) is 45.6 Å². The van der Waals surface area contributed by atoms with E-state index in [1.165, 1.54) is 11.8 Å². The zero-order chi connectivity index (χ0) is 23.9. The van der Waals surface area contributed by atoms with Crippen LogP contribution in [0.3, 0.4) is 0 Å². The summed E-state index contributed by atoms with van der Waals surface area (Å²) in [5.74, 6) is 1.54. The third kappa shape index (κ3) is 5.50. The van der Waals surface area contributed by atoms with Gasteiger partial charge in [0, 0.05) is 23.3 Å². The Morgan fingerprint density at radius 1 is 1.15 bits per heavy atom. The molecule has 3 aromatic rings. The number of thioether (sulfide) groups is 1. The summed E-state index contributed by atoms with van der Waals surface area (Å²) >= 11 is 7.51. The summed E-state index contributed by atoms with van der Waals surface area (Å²) < 4.78 is 11.4. The van der Waals surface area contributed by atoms with Gasteiger partial charge in [-0.15, -0.1) is 6.58 Å². The molecule has 0 spiro atoms. The predicted molar refractivity (Wildman–Crippen MR) is 138 cm³/mol. The average Bonchev–Trinajstić information content (AvgIpc) is 3.13. The fourth-order valence-corrected chi connectivity index (χ4v) is 4.40. The summed E-state index contributed by atoms with van der Waals surface area (Å²) in [6.45, 7) is 4.42. The Balaban J connectivity index is 1.56. The van der Waals surface area contributed by atoms with Crippen molar-refractivity contribution in [1.29, 1.82) is 0 Å². The zero-order valence-electron chi connectivity index (χ0n) is 18.5. The van der Waals surface area contributed by atoms with E-state index in [1.807, 2.05) is 60.7 Å². The minimum absolute atomic E-state index is 0.141. The van der Waals surface area contributed by atoms with Gasteiger partial charge in [0.15, 0.2) is 22.5 Å². The molecule has 0 bridgehead atoms. The van der Waals surface area contributed by atoms with Crippen molar-refractivity contribution in [3.63, 3.8) is 0 Å². The zero-order valence-corrected chi connectivity index (χ0v) is 20.1. The molecule has 0 radical (unpaired) electrons. The van der Waals surface area contributed by atoms with Crippen molar-refractivity contribution in [2.45, 2.75) is 6.61 Å². The molecule has 0 aliphatic carbocycles. The van der Waals surface area contributed by atoms with Crippen LogP contribution in [0.5, 0.6) is 11.5 Å². The maximum atomic E-state index is 13.0. The number of ether oxygens (including phenoxy) is 2. The third-order valence-corrected chi connectivity index (χ3v) is 6.26. The van der Waals surface area contributed by atoms with E-state index in [1.54, 1.807) is 30.3 Å². The lowest BCUT2D eigenvalue weighted by atomic mass is 10.1. The Kier molecular flexibility index (Phi) is 7.67. The molecule has 1 fully saturated rings. The number of aliphatic imine (C=N–C) groups is 1. The Bertz CT molecular complexity index is 1260. The van der Waals surface area contributed by atoms with Gasteiger partial charge in [-0.1, -0.05) is 48.0 Å². The summed E-state index contributed by atoms with van der Waals surface area (Å²) in [5.41, 5.74) is 1.68. The van der Waals surface area contributed by atoms with Crippen molar-refractivity contribution in [1.82, 2.24) is 9.88 Å². The van der Waals surface area contributed by atoms with E-state index in [4.69, 9.17) is 21.1 Å². The molecule has 2 heterocycles. The van der Waals surface area contributed by atoms with Crippen LogP contribution in [0, 0.1) is 0 Å². The van der Waals surface area contributed by atoms with Crippen LogP contribution in [0.15, 0.2) is 89.4 Å². The van der Waals surface area contributed by atoms with E-state index in [2.05, 4.69) is 16.6 Å². The molecule has 1 aromatic heterocycles. The molecule has 0 N–H and O–H groups in total. The molecule has 4 rings (SSSR count). The number of aromatic nitrogens is 1. The van der Waals surface area contributed by atoms with Gasteiger partial charge in [0.2, 0.25) is 0 Å². The summed E-state index contributed by atoms with van der Waals surface area (Å²) in [7, 11) is 1.58. The minimum Gasteiger partial charge on any atom is -0.493 e. The van der Waals surface area contributed by atoms with Crippen LogP contribution in [0.4, 0.5) is 5.82 Å². The Morgan fingerprint density at radius 2 is 1.97 bits per heavy atom. The van der Waals surface area contributed by atoms with Gasteiger partial charge < -0.3 is 9.47 Å². The lowest BCUT2D eigenvalue weighted by Crippen LogP contribution is -2.29. The van der Waals surface area contributed by atoms with E-state index >= 15 is 0 Å². The third-order valence-electron chi connectivity index (χ3n) is 4.89. The topological polar surface area (TPSA) is 64.0 Å². The number of rotatable bonds is 8. The van der Waals surface area contributed by atoms with Crippen LogP contribution >= 0.6 is 23.4 Å². The number of carbonyl (C=O) groups is 1. The first kappa shape index (κ1) is 23.6. The van der Waals surface area contributed by atoms with Crippen LogP contribution in [-0.4, -0.2) is 34.6 Å². The number of carbonyl (C=O) groups excluding carboxylic acids is 1. The fraction of sp³-hybridized carbons (Fsp3) is 0.115. The number of hydrogen-bond acceptors (Lipinski definition) is 6. The van der Waals surface area contributed by atoms with Gasteiger partial charge in [0.05, 0.1) is 12.0 Å². The van der Waals surface area contributed by atoms with Crippen LogP contribution < -0.4 is 9.47 Å². The SMILES string of the molecule is C=CCN1C(=O)/C(=C/c2ccc(OCc3ccccc3Cl)c(OC)c2)S/C1=N/c1ccccn1. The van der Waals surface area contributed by atoms with Crippen molar-refractivity contribution in [3.05, 3.63) is 101 Å². The molecule has 0 saturated carbocycles. The molecule has 8 heteroatoms. The number of pyridine rings is 1. The lowest BCUT2D eigenvalue weighted by molar-refractivity contribution is -0.121. The van der Waals surface area contributed by atoms with Gasteiger partial charge in [-0.3, -0.25) is 9.69 Å². The fourth-order valence-electron chi connectivity index (χ4n) is 3.21. The summed E-state index contributed by atoms with van der Waals surface area (Å²) in [5, 5.41) is 1.20. The molecule has 2 aromatic carbocycles. The summed E-state index contributed by atoms with van der Waals surface area (Å²) in [6, 6.07) is 18.5. The highest BCUT2D eigenvalue weighted by molar-refractivity contribution is 8.18. The molecule has 172 valence electrons. The van der Waals surface area contributed by atoms with Gasteiger partial charge in [0.1, 0.15) is 6.61 Å². The number of amides is 1. The number of methoxy groups -OCH3 is 1. The van der Waals surface area contributed by atoms with Gasteiger partial charge in [-0.05, 0) is 53.7 Å². The maximum absolute atomic E-state index is 13.0. The lowest BCUT2D eigenvalue weighted by Gasteiger charge is -2.12. The molecule has 34 heavy (non-hydrogen) atoms. The second-order valence-electron chi connectivity index (χ2n) is 7.19. The van der Waals surface area contributed by atoms with Gasteiger partial charge in [-0.2, -0.15) is 0 Å². The second kappa shape index (κ2) is 11.0. The smallest absolute Gasteiger partial charge is 0.267 e. The first-order chi connectivity index (χ1) is 16.6. The molecule has 1 aliphatic rings. The molecule has 0 atom stereocenters. The Hall–Kier alpha value is -3.55. The van der Waals surface area contributed by atoms with Crippen LogP contribution in [0.1, 0.15) is 11.1 Å². The van der Waals surface area contributed by atoms with Crippen molar-refractivity contribution in [2.24, 2.45) is 4.99 Å². The van der Waals surface area contributed by atoms with Crippen LogP contribution in [0.2, 0.25) is 5.02 Å². The van der Waals surface area contributed by atoms with Gasteiger partial charge in [-0.25, -0.2) is 9.98 Å². The molecule has 1 aliphatic heterocycles. The number of hydrogen-bond donors (Lipinski definition) is 0. The summed E-state index contributed by atoms with van der Waals surface area (Å²) in [6.07, 6.45) is 5.14. The Labute approximate surface area is 207 Å². The molecular weight excluding hydrogens is 470 g/mol. The van der Waals surface area contributed by atoms with Crippen molar-refractivity contribution >= 4 is 46.3 Å². The number of nitrogens with zero attached hydrogens (tertiary/aromatic N) is 3. The molecule has 1 amide bonds. The van der Waals surface area contributed by atoms with Crippen LogP contribution in [0.25, 0.3) is 6.08 Å². The Morgan fingerprint density at radius 3 is 2.71 bits per heavy atom. The van der Waals surface area contributed by atoms with E-state index in [-0.39, 0.29) is 5.91 Å². The normalized spacial score (nSPS) is 15.7. The van der Waals surface area contributed by atoms with Crippen molar-refractivity contribution in [3.8, 4) is 11.5 Å². The highest BCUT2D eigenvalue weighted by Crippen LogP contribution is 2.36. The highest BCUT2D eigenvalue weighted by Gasteiger charge is 2.32. The highest BCUT2D eigenvalue weighted by atomic mass is 35.5. The molecule has 6 nitrogen and oxygen atoms in total. The first-order valence-corrected chi connectivity index (χ1v) is 11.6.